The van der Waals surface area contributed by atoms with Crippen LogP contribution in [0, 0.1) is 14.8 Å². The minimum absolute atomic E-state index is 0.833. The van der Waals surface area contributed by atoms with E-state index in [1.807, 2.05) is 0 Å². The van der Waals surface area contributed by atoms with Gasteiger partial charge in [0.25, 0.3) is 0 Å². The Morgan fingerprint density at radius 1 is 1.50 bits per heavy atom. The number of carbonyl (C=O) groups excluding carboxylic acids is 1. The Hall–Kier alpha value is -0.370. The Morgan fingerprint density at radius 2 is 1.50 bits per heavy atom. The first-order valence-electron chi connectivity index (χ1n) is 1.26. The number of amides is 2. The van der Waals surface area contributed by atoms with Crippen LogP contribution >= 0.6 is 0 Å². The molecule has 0 aromatic rings. The molecule has 0 aliphatic rings. The second-order valence-corrected chi connectivity index (χ2v) is 1.45. The minimum Gasteiger partial charge on any atom is -0.372 e. The summed E-state index contributed by atoms with van der Waals surface area (Å²) in [5.41, 5.74) is 8.50. The van der Waals surface area contributed by atoms with E-state index in [2.05, 4.69) is 11.5 Å². The van der Waals surface area contributed by atoms with Crippen molar-refractivity contribution in [2.45, 2.75) is 0 Å². The Kier molecular flexibility index (Phi) is 8.77. The van der Waals surface area contributed by atoms with Gasteiger partial charge in [-0.15, -0.1) is 0 Å². The van der Waals surface area contributed by atoms with Crippen LogP contribution in [0.2, 0.25) is 0 Å². The lowest BCUT2D eigenvalue weighted by Crippen LogP contribution is -2.30. The third-order valence-electron chi connectivity index (χ3n) is 0. The zero-order valence-corrected chi connectivity index (χ0v) is 5.29. The summed E-state index contributed by atoms with van der Waals surface area (Å²) in [6, 6.07) is -0.833. The van der Waals surface area contributed by atoms with E-state index in [9.17, 15) is 0 Å². The van der Waals surface area contributed by atoms with Crippen molar-refractivity contribution in [1.29, 1.82) is 0 Å². The van der Waals surface area contributed by atoms with Crippen molar-refractivity contribution in [2.24, 2.45) is 11.5 Å². The molecule has 0 heterocycles. The summed E-state index contributed by atoms with van der Waals surface area (Å²) < 4.78 is 24.3. The van der Waals surface area contributed by atoms with Gasteiger partial charge in [0.15, 0.2) is 0 Å². The fourth-order valence-corrected chi connectivity index (χ4v) is 0. The number of carbonyl (C=O) groups is 1. The van der Waals surface area contributed by atoms with Crippen LogP contribution in [0.4, 0.5) is 4.79 Å². The third-order valence-corrected chi connectivity index (χ3v) is 0. The average molecular weight is 189 g/mol. The first-order chi connectivity index (χ1) is 3.46. The second-order valence-electron chi connectivity index (χ2n) is 0.603. The quantitative estimate of drug-likeness (QED) is 0.358. The molecule has 0 saturated carbocycles. The van der Waals surface area contributed by atoms with E-state index in [0.717, 1.165) is 0 Å². The van der Waals surface area contributed by atoms with Gasteiger partial charge in [-0.1, -0.05) is 0 Å². The number of urea groups is 1. The summed E-state index contributed by atoms with van der Waals surface area (Å²) in [6.45, 7) is 0. The molecule has 0 aromatic heterocycles. The number of hydrogen-bond donors (Lipinski definition) is 3. The highest BCUT2D eigenvalue weighted by molar-refractivity contribution is 5.69. The highest BCUT2D eigenvalue weighted by atomic mass is 80.0. The summed E-state index contributed by atoms with van der Waals surface area (Å²) >= 11 is -3.40. The van der Waals surface area contributed by atoms with Gasteiger partial charge in [0.1, 0.15) is 0 Å². The van der Waals surface area contributed by atoms with Gasteiger partial charge < -0.3 is 19.9 Å². The van der Waals surface area contributed by atoms with Crippen LogP contribution in [0.25, 0.3) is 0 Å². The second kappa shape index (κ2) is 6.63. The van der Waals surface area contributed by atoms with Crippen LogP contribution in [-0.2, 0) is 0 Å². The van der Waals surface area contributed by atoms with Gasteiger partial charge in [-0.3, -0.25) is 0 Å². The van der Waals surface area contributed by atoms with Crippen LogP contribution in [-0.4, -0.2) is 10.2 Å². The normalized spacial score (nSPS) is 7.50. The van der Waals surface area contributed by atoms with Gasteiger partial charge >= 0.3 is 20.8 Å². The Morgan fingerprint density at radius 3 is 1.50 bits per heavy atom. The standard InChI is InChI=1S/CH4N2O.BrHO3/c2*2-1(3)4/h(H4,2,3,4);2H. The molecule has 0 spiro atoms. The van der Waals surface area contributed by atoms with Crippen molar-refractivity contribution in [3.8, 4) is 0 Å². The number of nitrogens with two attached hydrogens (primary N) is 2. The number of primary amides is 2. The van der Waals surface area contributed by atoms with Crippen molar-refractivity contribution in [3.05, 3.63) is 0 Å². The molecule has 5 N–H and O–H groups in total. The lowest BCUT2D eigenvalue weighted by molar-refractivity contribution is -1.63. The van der Waals surface area contributed by atoms with Gasteiger partial charge in [-0.25, -0.2) is 4.79 Å². The molecule has 0 saturated heterocycles. The highest BCUT2D eigenvalue weighted by Crippen LogP contribution is 1.38. The highest BCUT2D eigenvalue weighted by Gasteiger charge is 1.86. The molecule has 2 amide bonds. The third kappa shape index (κ3) is 882. The van der Waals surface area contributed by atoms with Gasteiger partial charge in [0.2, 0.25) is 0 Å². The van der Waals surface area contributed by atoms with E-state index in [4.69, 9.17) is 17.4 Å². The molecule has 0 aliphatic heterocycles. The van der Waals surface area contributed by atoms with E-state index in [-0.39, 0.29) is 0 Å². The maximum Gasteiger partial charge on any atom is 0.433 e. The molecule has 0 bridgehead atoms. The zero-order chi connectivity index (χ0) is 7.15. The van der Waals surface area contributed by atoms with Crippen LogP contribution in [0.1, 0.15) is 0 Å². The maximum atomic E-state index is 9.00. The first kappa shape index (κ1) is 10.6. The van der Waals surface area contributed by atoms with E-state index in [0.29, 0.717) is 0 Å². The monoisotopic (exact) mass is 188 g/mol. The largest absolute Gasteiger partial charge is 0.433 e. The van der Waals surface area contributed by atoms with Crippen molar-refractivity contribution >= 4 is 6.03 Å². The fourth-order valence-electron chi connectivity index (χ4n) is 0. The Balaban J connectivity index is 0. The molecular formula is CH5BrN2O4. The smallest absolute Gasteiger partial charge is 0.372 e. The summed E-state index contributed by atoms with van der Waals surface area (Å²) in [7, 11) is 0. The lowest BCUT2D eigenvalue weighted by atomic mass is 11.2. The van der Waals surface area contributed by atoms with Gasteiger partial charge in [0.05, 0.1) is 0 Å². The molecule has 0 fully saturated rings. The SMILES string of the molecule is NC(N)=O.[O-][Br+2]([O-])O. The molecule has 8 heavy (non-hydrogen) atoms. The van der Waals surface area contributed by atoms with E-state index in [1.54, 1.807) is 0 Å². The van der Waals surface area contributed by atoms with E-state index in [1.165, 1.54) is 0 Å². The van der Waals surface area contributed by atoms with Gasteiger partial charge in [-0.2, -0.15) is 0 Å². The van der Waals surface area contributed by atoms with Crippen molar-refractivity contribution in [2.75, 3.05) is 0 Å². The van der Waals surface area contributed by atoms with Gasteiger partial charge in [0, 0.05) is 0 Å². The maximum absolute atomic E-state index is 9.00. The molecule has 0 aliphatic carbocycles. The molecule has 0 unspecified atom stereocenters. The summed E-state index contributed by atoms with van der Waals surface area (Å²) in [6.07, 6.45) is 0. The van der Waals surface area contributed by atoms with Crippen molar-refractivity contribution in [1.82, 2.24) is 0 Å². The van der Waals surface area contributed by atoms with Crippen molar-refractivity contribution < 1.29 is 32.2 Å². The molecule has 0 aromatic carbocycles. The molecule has 0 atom stereocenters. The van der Waals surface area contributed by atoms with Crippen LogP contribution in [0.15, 0.2) is 0 Å². The number of halogens is 1. The summed E-state index contributed by atoms with van der Waals surface area (Å²) in [5.74, 6) is 0. The van der Waals surface area contributed by atoms with Crippen molar-refractivity contribution in [3.63, 3.8) is 0 Å². The molecule has 0 radical (unpaired) electrons. The topological polar surface area (TPSA) is 135 Å². The molecular weight excluding hydrogens is 184 g/mol. The Bertz CT molecular complexity index is 58.3. The fraction of sp³-hybridized carbons (Fsp3) is 0. The molecule has 7 heteroatoms. The van der Waals surface area contributed by atoms with Gasteiger partial charge in [-0.05, 0) is 4.20 Å². The lowest BCUT2D eigenvalue weighted by Gasteiger charge is -1.69. The van der Waals surface area contributed by atoms with Crippen LogP contribution < -0.4 is 19.9 Å². The van der Waals surface area contributed by atoms with E-state index < -0.39 is 20.8 Å². The predicted molar refractivity (Wildman–Crippen MR) is 16.0 cm³/mol. The average Bonchev–Trinajstić information content (AvgIpc) is 1.25. The summed E-state index contributed by atoms with van der Waals surface area (Å²) in [4.78, 5) is 9.00. The number of rotatable bonds is 0. The first-order valence-corrected chi connectivity index (χ1v) is 3.26. The van der Waals surface area contributed by atoms with Crippen LogP contribution in [0.3, 0.4) is 0 Å². The molecule has 0 rings (SSSR count). The van der Waals surface area contributed by atoms with Crippen LogP contribution in [0.5, 0.6) is 0 Å². The molecule has 6 nitrogen and oxygen atoms in total. The Labute approximate surface area is 50.5 Å². The number of hydrogen-bond acceptors (Lipinski definition) is 4. The summed E-state index contributed by atoms with van der Waals surface area (Å²) in [5, 5.41) is 0. The minimum atomic E-state index is -3.40. The zero-order valence-electron chi connectivity index (χ0n) is 3.70. The molecule has 50 valence electrons. The predicted octanol–water partition coefficient (Wildman–Crippen LogP) is -3.91. The van der Waals surface area contributed by atoms with E-state index >= 15 is 0 Å².